The molecule has 0 aromatic heterocycles. The Balaban J connectivity index is 1.63. The summed E-state index contributed by atoms with van der Waals surface area (Å²) >= 11 is 0. The Kier molecular flexibility index (Phi) is 7.31. The Morgan fingerprint density at radius 2 is 1.35 bits per heavy atom. The van der Waals surface area contributed by atoms with Gasteiger partial charge >= 0.3 is 12.1 Å². The molecule has 0 heterocycles. The van der Waals surface area contributed by atoms with Crippen LogP contribution in [0.3, 0.4) is 0 Å². The van der Waals surface area contributed by atoms with Crippen molar-refractivity contribution in [1.82, 2.24) is 5.32 Å². The van der Waals surface area contributed by atoms with Crippen molar-refractivity contribution in [1.29, 1.82) is 0 Å². The third-order valence-corrected chi connectivity index (χ3v) is 4.37. The summed E-state index contributed by atoms with van der Waals surface area (Å²) in [5, 5.41) is 13.3. The number of ether oxygens (including phenoxy) is 2. The standard InChI is InChI=1S/C23H20N2O6/c26-22(30-15-18-11-13-20(14-12-18)25(28)29)21(19-9-5-2-6-10-19)24-23(27)31-16-17-7-3-1-4-8-17/h1-14,21H,15-16H2,(H,24,27). The number of nitro benzene ring substituents is 1. The summed E-state index contributed by atoms with van der Waals surface area (Å²) in [6.07, 6.45) is -0.759. The van der Waals surface area contributed by atoms with Crippen LogP contribution in [0.2, 0.25) is 0 Å². The van der Waals surface area contributed by atoms with Gasteiger partial charge in [0.25, 0.3) is 5.69 Å². The molecule has 1 N–H and O–H groups in total. The van der Waals surface area contributed by atoms with E-state index < -0.39 is 23.0 Å². The summed E-state index contributed by atoms with van der Waals surface area (Å²) in [7, 11) is 0. The Bertz CT molecular complexity index is 1020. The lowest BCUT2D eigenvalue weighted by Crippen LogP contribution is -2.35. The van der Waals surface area contributed by atoms with Gasteiger partial charge in [-0.05, 0) is 28.8 Å². The molecular formula is C23H20N2O6. The quantitative estimate of drug-likeness (QED) is 0.331. The first-order valence-corrected chi connectivity index (χ1v) is 9.45. The van der Waals surface area contributed by atoms with Gasteiger partial charge < -0.3 is 14.8 Å². The minimum absolute atomic E-state index is 0.0555. The van der Waals surface area contributed by atoms with Gasteiger partial charge in [-0.25, -0.2) is 9.59 Å². The Hall–Kier alpha value is -4.20. The average Bonchev–Trinajstić information content (AvgIpc) is 2.81. The van der Waals surface area contributed by atoms with Crippen LogP contribution in [0.15, 0.2) is 84.9 Å². The van der Waals surface area contributed by atoms with Gasteiger partial charge in [0, 0.05) is 12.1 Å². The largest absolute Gasteiger partial charge is 0.459 e. The number of hydrogen-bond donors (Lipinski definition) is 1. The van der Waals surface area contributed by atoms with Gasteiger partial charge in [-0.1, -0.05) is 60.7 Å². The number of nitro groups is 1. The second-order valence-corrected chi connectivity index (χ2v) is 6.58. The molecule has 8 heteroatoms. The number of non-ortho nitro benzene ring substituents is 1. The van der Waals surface area contributed by atoms with E-state index in [0.717, 1.165) is 5.56 Å². The highest BCUT2D eigenvalue weighted by Crippen LogP contribution is 2.17. The average molecular weight is 420 g/mol. The molecule has 1 unspecified atom stereocenters. The van der Waals surface area contributed by atoms with E-state index in [1.54, 1.807) is 30.3 Å². The Labute approximate surface area is 178 Å². The van der Waals surface area contributed by atoms with Crippen LogP contribution in [0.25, 0.3) is 0 Å². The number of esters is 1. The first-order chi connectivity index (χ1) is 15.0. The van der Waals surface area contributed by atoms with Gasteiger partial charge in [-0.2, -0.15) is 0 Å². The summed E-state index contributed by atoms with van der Waals surface area (Å²) in [5.74, 6) is -0.679. The molecule has 1 atom stereocenters. The molecule has 0 aliphatic rings. The zero-order valence-corrected chi connectivity index (χ0v) is 16.5. The molecule has 0 radical (unpaired) electrons. The summed E-state index contributed by atoms with van der Waals surface area (Å²) in [5.41, 5.74) is 1.88. The number of alkyl carbamates (subject to hydrolysis) is 1. The zero-order valence-electron chi connectivity index (χ0n) is 16.5. The van der Waals surface area contributed by atoms with Crippen LogP contribution < -0.4 is 5.32 Å². The van der Waals surface area contributed by atoms with E-state index in [4.69, 9.17) is 9.47 Å². The number of rotatable bonds is 8. The van der Waals surface area contributed by atoms with Crippen LogP contribution in [0.4, 0.5) is 10.5 Å². The van der Waals surface area contributed by atoms with E-state index in [9.17, 15) is 19.7 Å². The van der Waals surface area contributed by atoms with Crippen LogP contribution in [-0.2, 0) is 27.5 Å². The second-order valence-electron chi connectivity index (χ2n) is 6.58. The maximum atomic E-state index is 12.7. The zero-order chi connectivity index (χ0) is 22.1. The maximum Gasteiger partial charge on any atom is 0.408 e. The molecule has 1 amide bonds. The lowest BCUT2D eigenvalue weighted by Gasteiger charge is -2.18. The molecule has 0 aliphatic heterocycles. The highest BCUT2D eigenvalue weighted by atomic mass is 16.6. The van der Waals surface area contributed by atoms with Gasteiger partial charge in [0.2, 0.25) is 0 Å². The van der Waals surface area contributed by atoms with Crippen LogP contribution >= 0.6 is 0 Å². The SMILES string of the molecule is O=C(NC(C(=O)OCc1ccc([N+](=O)[O-])cc1)c1ccccc1)OCc1ccccc1. The fourth-order valence-electron chi connectivity index (χ4n) is 2.76. The molecule has 0 saturated carbocycles. The molecule has 0 fully saturated rings. The van der Waals surface area contributed by atoms with Crippen molar-refractivity contribution >= 4 is 17.7 Å². The van der Waals surface area contributed by atoms with Gasteiger partial charge in [-0.3, -0.25) is 10.1 Å². The van der Waals surface area contributed by atoms with Crippen LogP contribution in [0, 0.1) is 10.1 Å². The second kappa shape index (κ2) is 10.5. The van der Waals surface area contributed by atoms with Crippen molar-refractivity contribution in [2.75, 3.05) is 0 Å². The molecular weight excluding hydrogens is 400 g/mol. The number of hydrogen-bond acceptors (Lipinski definition) is 6. The molecule has 3 aromatic rings. The number of carbonyl (C=O) groups is 2. The van der Waals surface area contributed by atoms with E-state index in [2.05, 4.69) is 5.32 Å². The molecule has 0 bridgehead atoms. The molecule has 158 valence electrons. The van der Waals surface area contributed by atoms with E-state index in [0.29, 0.717) is 11.1 Å². The van der Waals surface area contributed by atoms with E-state index in [1.807, 2.05) is 30.3 Å². The van der Waals surface area contributed by atoms with Gasteiger partial charge in [0.1, 0.15) is 13.2 Å². The fraction of sp³-hybridized carbons (Fsp3) is 0.130. The lowest BCUT2D eigenvalue weighted by molar-refractivity contribution is -0.384. The van der Waals surface area contributed by atoms with Gasteiger partial charge in [0.05, 0.1) is 4.92 Å². The first-order valence-electron chi connectivity index (χ1n) is 9.45. The molecule has 3 aromatic carbocycles. The number of nitrogens with zero attached hydrogens (tertiary/aromatic N) is 1. The Morgan fingerprint density at radius 1 is 0.806 bits per heavy atom. The monoisotopic (exact) mass is 420 g/mol. The first kappa shape index (κ1) is 21.5. The van der Waals surface area contributed by atoms with Crippen molar-refractivity contribution in [3.63, 3.8) is 0 Å². The third-order valence-electron chi connectivity index (χ3n) is 4.37. The number of benzene rings is 3. The van der Waals surface area contributed by atoms with Crippen LogP contribution in [0.1, 0.15) is 22.7 Å². The minimum atomic E-state index is -1.07. The molecule has 0 saturated heterocycles. The van der Waals surface area contributed by atoms with E-state index in [-0.39, 0.29) is 18.9 Å². The summed E-state index contributed by atoms with van der Waals surface area (Å²) in [4.78, 5) is 35.2. The molecule has 0 spiro atoms. The predicted octanol–water partition coefficient (Wildman–Crippen LogP) is 4.31. The highest BCUT2D eigenvalue weighted by Gasteiger charge is 2.25. The molecule has 31 heavy (non-hydrogen) atoms. The summed E-state index contributed by atoms with van der Waals surface area (Å²) < 4.78 is 10.5. The summed E-state index contributed by atoms with van der Waals surface area (Å²) in [6, 6.07) is 22.4. The fourth-order valence-corrected chi connectivity index (χ4v) is 2.76. The number of amides is 1. The Morgan fingerprint density at radius 3 is 1.97 bits per heavy atom. The molecule has 0 aliphatic carbocycles. The van der Waals surface area contributed by atoms with Crippen molar-refractivity contribution in [2.45, 2.75) is 19.3 Å². The number of carbonyl (C=O) groups excluding carboxylic acids is 2. The number of nitrogens with one attached hydrogen (secondary N) is 1. The van der Waals surface area contributed by atoms with E-state index >= 15 is 0 Å². The van der Waals surface area contributed by atoms with Crippen molar-refractivity contribution in [3.05, 3.63) is 112 Å². The smallest absolute Gasteiger partial charge is 0.408 e. The van der Waals surface area contributed by atoms with E-state index in [1.165, 1.54) is 24.3 Å². The maximum absolute atomic E-state index is 12.7. The van der Waals surface area contributed by atoms with Gasteiger partial charge in [-0.15, -0.1) is 0 Å². The topological polar surface area (TPSA) is 108 Å². The molecule has 3 rings (SSSR count). The van der Waals surface area contributed by atoms with Crippen molar-refractivity contribution in [3.8, 4) is 0 Å². The summed E-state index contributed by atoms with van der Waals surface area (Å²) in [6.45, 7) is -0.0348. The normalized spacial score (nSPS) is 11.2. The van der Waals surface area contributed by atoms with Crippen LogP contribution in [-0.4, -0.2) is 17.0 Å². The van der Waals surface area contributed by atoms with Crippen LogP contribution in [0.5, 0.6) is 0 Å². The third kappa shape index (κ3) is 6.40. The van der Waals surface area contributed by atoms with Crippen molar-refractivity contribution in [2.24, 2.45) is 0 Å². The molecule has 8 nitrogen and oxygen atoms in total. The van der Waals surface area contributed by atoms with Crippen molar-refractivity contribution < 1.29 is 24.0 Å². The lowest BCUT2D eigenvalue weighted by atomic mass is 10.1. The minimum Gasteiger partial charge on any atom is -0.459 e. The van der Waals surface area contributed by atoms with Gasteiger partial charge in [0.15, 0.2) is 6.04 Å². The predicted molar refractivity (Wildman–Crippen MR) is 112 cm³/mol. The highest BCUT2D eigenvalue weighted by molar-refractivity contribution is 5.82.